The average molecular weight is 319 g/mol. The molecule has 19 heavy (non-hydrogen) atoms. The van der Waals surface area contributed by atoms with Crippen molar-refractivity contribution < 1.29 is 4.39 Å². The van der Waals surface area contributed by atoms with E-state index >= 15 is 0 Å². The average Bonchev–Trinajstić information content (AvgIpc) is 2.39. The first kappa shape index (κ1) is 13.7. The highest BCUT2D eigenvalue weighted by atomic mass is 79.9. The summed E-state index contributed by atoms with van der Waals surface area (Å²) in [7, 11) is 0. The molecule has 0 saturated heterocycles. The van der Waals surface area contributed by atoms with Crippen LogP contribution in [0.3, 0.4) is 0 Å². The van der Waals surface area contributed by atoms with Gasteiger partial charge in [0.2, 0.25) is 0 Å². The number of nitriles is 1. The Hall–Kier alpha value is -1.70. The van der Waals surface area contributed by atoms with E-state index in [0.29, 0.717) is 24.2 Å². The molecule has 0 fully saturated rings. The monoisotopic (exact) mass is 318 g/mol. The SMILES string of the molecule is N#Cc1ccc(F)cc1CNCc1cccc(Br)c1. The lowest BCUT2D eigenvalue weighted by atomic mass is 10.1. The van der Waals surface area contributed by atoms with E-state index in [2.05, 4.69) is 27.3 Å². The largest absolute Gasteiger partial charge is 0.309 e. The van der Waals surface area contributed by atoms with Crippen molar-refractivity contribution in [3.8, 4) is 6.07 Å². The first-order valence-corrected chi connectivity index (χ1v) is 6.62. The Morgan fingerprint density at radius 2 is 2.00 bits per heavy atom. The molecular weight excluding hydrogens is 307 g/mol. The van der Waals surface area contributed by atoms with Crippen molar-refractivity contribution in [3.05, 3.63) is 69.4 Å². The Morgan fingerprint density at radius 3 is 2.74 bits per heavy atom. The van der Waals surface area contributed by atoms with Crippen LogP contribution in [-0.4, -0.2) is 0 Å². The number of hydrogen-bond donors (Lipinski definition) is 1. The molecule has 0 aliphatic heterocycles. The van der Waals surface area contributed by atoms with E-state index in [4.69, 9.17) is 5.26 Å². The first-order chi connectivity index (χ1) is 9.19. The fourth-order valence-corrected chi connectivity index (χ4v) is 2.25. The summed E-state index contributed by atoms with van der Waals surface area (Å²) in [6.45, 7) is 1.13. The molecule has 0 bridgehead atoms. The number of nitrogens with one attached hydrogen (secondary N) is 1. The van der Waals surface area contributed by atoms with Gasteiger partial charge < -0.3 is 5.32 Å². The van der Waals surface area contributed by atoms with Gasteiger partial charge in [-0.05, 0) is 41.5 Å². The number of hydrogen-bond acceptors (Lipinski definition) is 2. The van der Waals surface area contributed by atoms with Crippen molar-refractivity contribution in [1.29, 1.82) is 5.26 Å². The normalized spacial score (nSPS) is 10.2. The van der Waals surface area contributed by atoms with Crippen LogP contribution in [0.15, 0.2) is 46.9 Å². The third-order valence-corrected chi connectivity index (χ3v) is 3.21. The topological polar surface area (TPSA) is 35.8 Å². The van der Waals surface area contributed by atoms with Crippen molar-refractivity contribution in [3.63, 3.8) is 0 Å². The van der Waals surface area contributed by atoms with E-state index in [0.717, 1.165) is 10.0 Å². The number of rotatable bonds is 4. The highest BCUT2D eigenvalue weighted by Gasteiger charge is 2.03. The van der Waals surface area contributed by atoms with Crippen molar-refractivity contribution in [2.24, 2.45) is 0 Å². The van der Waals surface area contributed by atoms with Crippen LogP contribution in [-0.2, 0) is 13.1 Å². The Balaban J connectivity index is 2.00. The molecule has 0 spiro atoms. The lowest BCUT2D eigenvalue weighted by Gasteiger charge is -2.07. The molecule has 2 aromatic carbocycles. The molecular formula is C15H12BrFN2. The van der Waals surface area contributed by atoms with Crippen LogP contribution >= 0.6 is 15.9 Å². The van der Waals surface area contributed by atoms with Crippen molar-refractivity contribution in [1.82, 2.24) is 5.32 Å². The molecule has 96 valence electrons. The van der Waals surface area contributed by atoms with Crippen molar-refractivity contribution in [2.75, 3.05) is 0 Å². The second-order valence-corrected chi connectivity index (χ2v) is 5.06. The Morgan fingerprint density at radius 1 is 1.16 bits per heavy atom. The molecule has 0 aromatic heterocycles. The smallest absolute Gasteiger partial charge is 0.123 e. The second-order valence-electron chi connectivity index (χ2n) is 4.15. The number of halogens is 2. The Labute approximate surface area is 120 Å². The maximum Gasteiger partial charge on any atom is 0.123 e. The van der Waals surface area contributed by atoms with Gasteiger partial charge in [0.25, 0.3) is 0 Å². The maximum absolute atomic E-state index is 13.1. The van der Waals surface area contributed by atoms with Gasteiger partial charge in [0.05, 0.1) is 11.6 Å². The van der Waals surface area contributed by atoms with E-state index < -0.39 is 0 Å². The van der Waals surface area contributed by atoms with Gasteiger partial charge in [-0.3, -0.25) is 0 Å². The fraction of sp³-hybridized carbons (Fsp3) is 0.133. The lowest BCUT2D eigenvalue weighted by molar-refractivity contribution is 0.619. The summed E-state index contributed by atoms with van der Waals surface area (Å²) in [6.07, 6.45) is 0. The summed E-state index contributed by atoms with van der Waals surface area (Å²) in [6, 6.07) is 14.2. The molecule has 0 amide bonds. The van der Waals surface area contributed by atoms with E-state index in [1.807, 2.05) is 24.3 Å². The Bertz CT molecular complexity index is 620. The van der Waals surface area contributed by atoms with Gasteiger partial charge in [-0.2, -0.15) is 5.26 Å². The van der Waals surface area contributed by atoms with Crippen LogP contribution in [0.25, 0.3) is 0 Å². The highest BCUT2D eigenvalue weighted by molar-refractivity contribution is 9.10. The van der Waals surface area contributed by atoms with Crippen LogP contribution < -0.4 is 5.32 Å². The summed E-state index contributed by atoms with van der Waals surface area (Å²) >= 11 is 3.41. The quantitative estimate of drug-likeness (QED) is 0.932. The van der Waals surface area contributed by atoms with Gasteiger partial charge in [-0.25, -0.2) is 4.39 Å². The van der Waals surface area contributed by atoms with Crippen LogP contribution in [0.1, 0.15) is 16.7 Å². The fourth-order valence-electron chi connectivity index (χ4n) is 1.81. The van der Waals surface area contributed by atoms with Gasteiger partial charge in [-0.15, -0.1) is 0 Å². The van der Waals surface area contributed by atoms with Gasteiger partial charge >= 0.3 is 0 Å². The zero-order valence-corrected chi connectivity index (χ0v) is 11.7. The summed E-state index contributed by atoms with van der Waals surface area (Å²) in [4.78, 5) is 0. The molecule has 2 rings (SSSR count). The minimum absolute atomic E-state index is 0.321. The van der Waals surface area contributed by atoms with E-state index in [1.54, 1.807) is 0 Å². The predicted octanol–water partition coefficient (Wildman–Crippen LogP) is 3.75. The lowest BCUT2D eigenvalue weighted by Crippen LogP contribution is -2.13. The van der Waals surface area contributed by atoms with Crippen LogP contribution in [0.2, 0.25) is 0 Å². The zero-order valence-electron chi connectivity index (χ0n) is 10.2. The van der Waals surface area contributed by atoms with Gasteiger partial charge in [0.15, 0.2) is 0 Å². The van der Waals surface area contributed by atoms with Crippen LogP contribution in [0.4, 0.5) is 4.39 Å². The molecule has 1 N–H and O–H groups in total. The molecule has 4 heteroatoms. The van der Waals surface area contributed by atoms with Crippen LogP contribution in [0.5, 0.6) is 0 Å². The predicted molar refractivity (Wildman–Crippen MR) is 75.8 cm³/mol. The first-order valence-electron chi connectivity index (χ1n) is 5.83. The summed E-state index contributed by atoms with van der Waals surface area (Å²) in [5.74, 6) is -0.321. The van der Waals surface area contributed by atoms with E-state index in [9.17, 15) is 4.39 Å². The third-order valence-electron chi connectivity index (χ3n) is 2.72. The number of benzene rings is 2. The molecule has 0 aliphatic carbocycles. The molecule has 0 saturated carbocycles. The molecule has 0 heterocycles. The molecule has 2 nitrogen and oxygen atoms in total. The summed E-state index contributed by atoms with van der Waals surface area (Å²) in [5.41, 5.74) is 2.31. The minimum Gasteiger partial charge on any atom is -0.309 e. The van der Waals surface area contributed by atoms with E-state index in [-0.39, 0.29) is 5.82 Å². The Kier molecular flexibility index (Phi) is 4.67. The van der Waals surface area contributed by atoms with E-state index in [1.165, 1.54) is 18.2 Å². The molecule has 0 unspecified atom stereocenters. The zero-order chi connectivity index (χ0) is 13.7. The minimum atomic E-state index is -0.321. The summed E-state index contributed by atoms with van der Waals surface area (Å²) < 4.78 is 14.2. The van der Waals surface area contributed by atoms with Gasteiger partial charge in [-0.1, -0.05) is 28.1 Å². The van der Waals surface area contributed by atoms with Crippen molar-refractivity contribution >= 4 is 15.9 Å². The second kappa shape index (κ2) is 6.46. The van der Waals surface area contributed by atoms with Crippen molar-refractivity contribution in [2.45, 2.75) is 13.1 Å². The third kappa shape index (κ3) is 3.88. The summed E-state index contributed by atoms with van der Waals surface area (Å²) in [5, 5.41) is 12.2. The molecule has 0 aliphatic rings. The maximum atomic E-state index is 13.1. The molecule has 0 atom stereocenters. The van der Waals surface area contributed by atoms with Gasteiger partial charge in [0.1, 0.15) is 5.82 Å². The number of nitrogens with zero attached hydrogens (tertiary/aromatic N) is 1. The van der Waals surface area contributed by atoms with Gasteiger partial charge in [0, 0.05) is 17.6 Å². The molecule has 2 aromatic rings. The van der Waals surface area contributed by atoms with Crippen LogP contribution in [0, 0.1) is 17.1 Å². The highest BCUT2D eigenvalue weighted by Crippen LogP contribution is 2.13. The molecule has 0 radical (unpaired) electrons. The standard InChI is InChI=1S/C15H12BrFN2/c16-14-3-1-2-11(6-14)9-19-10-13-7-15(17)5-4-12(13)8-18/h1-7,19H,9-10H2.